The molecular weight excluding hydrogens is 170 g/mol. The minimum absolute atomic E-state index is 0.248. The van der Waals surface area contributed by atoms with Crippen molar-refractivity contribution >= 4 is 0 Å². The lowest BCUT2D eigenvalue weighted by atomic mass is 10.4. The predicted molar refractivity (Wildman–Crippen MR) is 46.6 cm³/mol. The van der Waals surface area contributed by atoms with Gasteiger partial charge in [-0.05, 0) is 0 Å². The van der Waals surface area contributed by atoms with E-state index in [1.54, 1.807) is 0 Å². The van der Waals surface area contributed by atoms with Gasteiger partial charge in [0, 0.05) is 0 Å². The van der Waals surface area contributed by atoms with E-state index in [-0.39, 0.29) is 18.9 Å². The maximum absolute atomic E-state index is 3.33. The number of rotatable bonds is 0. The molecule has 0 aromatic carbocycles. The molecule has 0 aromatic rings. The van der Waals surface area contributed by atoms with Crippen LogP contribution in [0.4, 0.5) is 0 Å². The molecule has 0 atom stereocenters. The van der Waals surface area contributed by atoms with Crippen LogP contribution in [0.15, 0.2) is 0 Å². The van der Waals surface area contributed by atoms with E-state index in [2.05, 4.69) is 36.8 Å². The Morgan fingerprint density at radius 3 is 1.23 bits per heavy atom. The fraction of sp³-hybridized carbons (Fsp3) is 1.00. The van der Waals surface area contributed by atoms with Crippen LogP contribution in [0.1, 0.15) is 0 Å². The van der Waals surface area contributed by atoms with Gasteiger partial charge >= 0.3 is 0 Å². The fourth-order valence-electron chi connectivity index (χ4n) is 2.05. The van der Waals surface area contributed by atoms with Crippen molar-refractivity contribution in [1.82, 2.24) is 36.8 Å². The van der Waals surface area contributed by atoms with Gasteiger partial charge in [-0.3, -0.25) is 31.9 Å². The SMILES string of the molecule is C1NC2NCNC3NCNC(N1)N23. The van der Waals surface area contributed by atoms with Crippen LogP contribution in [-0.4, -0.2) is 43.8 Å². The van der Waals surface area contributed by atoms with Crippen LogP contribution in [0, 0.1) is 0 Å². The molecule has 13 heavy (non-hydrogen) atoms. The Hall–Kier alpha value is -0.280. The van der Waals surface area contributed by atoms with Gasteiger partial charge in [0.15, 0.2) is 0 Å². The Balaban J connectivity index is 1.82. The monoisotopic (exact) mass is 185 g/mol. The molecule has 3 heterocycles. The van der Waals surface area contributed by atoms with Crippen molar-refractivity contribution in [3.8, 4) is 0 Å². The van der Waals surface area contributed by atoms with Gasteiger partial charge in [0.05, 0.1) is 20.0 Å². The lowest BCUT2D eigenvalue weighted by molar-refractivity contribution is -0.0944. The van der Waals surface area contributed by atoms with E-state index in [1.165, 1.54) is 0 Å². The highest BCUT2D eigenvalue weighted by Crippen LogP contribution is 2.09. The minimum Gasteiger partial charge on any atom is -0.276 e. The average molecular weight is 185 g/mol. The van der Waals surface area contributed by atoms with Crippen molar-refractivity contribution in [2.24, 2.45) is 0 Å². The Bertz CT molecular complexity index is 152. The Morgan fingerprint density at radius 2 is 0.923 bits per heavy atom. The summed E-state index contributed by atoms with van der Waals surface area (Å²) in [6.45, 7) is 2.50. The van der Waals surface area contributed by atoms with E-state index in [4.69, 9.17) is 0 Å². The van der Waals surface area contributed by atoms with E-state index in [0.29, 0.717) is 0 Å². The highest BCUT2D eigenvalue weighted by Gasteiger charge is 2.39. The summed E-state index contributed by atoms with van der Waals surface area (Å²) < 4.78 is 0. The first-order valence-electron chi connectivity index (χ1n) is 4.63. The highest BCUT2D eigenvalue weighted by molar-refractivity contribution is 4.88. The Morgan fingerprint density at radius 1 is 0.615 bits per heavy atom. The van der Waals surface area contributed by atoms with Gasteiger partial charge < -0.3 is 0 Å². The first kappa shape index (κ1) is 8.06. The number of nitrogens with one attached hydrogen (secondary N) is 6. The van der Waals surface area contributed by atoms with Crippen molar-refractivity contribution in [3.05, 3.63) is 0 Å². The molecule has 0 amide bonds. The van der Waals surface area contributed by atoms with Crippen molar-refractivity contribution in [1.29, 1.82) is 0 Å². The normalized spacial score (nSPS) is 45.7. The molecule has 3 fully saturated rings. The van der Waals surface area contributed by atoms with E-state index in [9.17, 15) is 0 Å². The second-order valence-corrected chi connectivity index (χ2v) is 3.41. The summed E-state index contributed by atoms with van der Waals surface area (Å²) in [7, 11) is 0. The molecule has 0 unspecified atom stereocenters. The van der Waals surface area contributed by atoms with E-state index >= 15 is 0 Å². The van der Waals surface area contributed by atoms with Gasteiger partial charge in [-0.15, -0.1) is 0 Å². The zero-order valence-electron chi connectivity index (χ0n) is 7.30. The summed E-state index contributed by atoms with van der Waals surface area (Å²) in [6.07, 6.45) is 0.744. The van der Waals surface area contributed by atoms with Crippen LogP contribution in [0.5, 0.6) is 0 Å². The lowest BCUT2D eigenvalue weighted by Gasteiger charge is -2.53. The second kappa shape index (κ2) is 3.14. The smallest absolute Gasteiger partial charge is 0.121 e. The molecule has 6 N–H and O–H groups in total. The lowest BCUT2D eigenvalue weighted by Crippen LogP contribution is -2.84. The Labute approximate surface area is 76.6 Å². The largest absolute Gasteiger partial charge is 0.276 e. The first-order valence-corrected chi connectivity index (χ1v) is 4.63. The molecule has 3 rings (SSSR count). The summed E-state index contributed by atoms with van der Waals surface area (Å²) in [6, 6.07) is 0. The summed E-state index contributed by atoms with van der Waals surface area (Å²) in [5, 5.41) is 20.0. The summed E-state index contributed by atoms with van der Waals surface area (Å²) >= 11 is 0. The summed E-state index contributed by atoms with van der Waals surface area (Å²) in [5.41, 5.74) is 0. The molecule has 0 spiro atoms. The molecule has 0 radical (unpaired) electrons. The molecule has 7 nitrogen and oxygen atoms in total. The third-order valence-electron chi connectivity index (χ3n) is 2.67. The van der Waals surface area contributed by atoms with Crippen LogP contribution < -0.4 is 31.9 Å². The van der Waals surface area contributed by atoms with Crippen LogP contribution in [0.25, 0.3) is 0 Å². The number of nitrogens with zero attached hydrogens (tertiary/aromatic N) is 1. The van der Waals surface area contributed by atoms with Crippen LogP contribution >= 0.6 is 0 Å². The fourth-order valence-corrected chi connectivity index (χ4v) is 2.05. The average Bonchev–Trinajstić information content (AvgIpc) is 2.19. The molecule has 3 aliphatic heterocycles. The van der Waals surface area contributed by atoms with Gasteiger partial charge in [0.1, 0.15) is 18.9 Å². The molecule has 0 bridgehead atoms. The van der Waals surface area contributed by atoms with E-state index < -0.39 is 0 Å². The summed E-state index contributed by atoms with van der Waals surface area (Å²) in [5.74, 6) is 0. The van der Waals surface area contributed by atoms with Crippen molar-refractivity contribution in [2.45, 2.75) is 18.9 Å². The van der Waals surface area contributed by atoms with Gasteiger partial charge in [0.25, 0.3) is 0 Å². The van der Waals surface area contributed by atoms with Gasteiger partial charge in [-0.2, -0.15) is 0 Å². The van der Waals surface area contributed by atoms with E-state index in [1.807, 2.05) is 0 Å². The quantitative estimate of drug-likeness (QED) is 0.235. The van der Waals surface area contributed by atoms with Gasteiger partial charge in [-0.25, -0.2) is 4.90 Å². The second-order valence-electron chi connectivity index (χ2n) is 3.41. The summed E-state index contributed by atoms with van der Waals surface area (Å²) in [4.78, 5) is 2.26. The van der Waals surface area contributed by atoms with Crippen LogP contribution in [0.3, 0.4) is 0 Å². The van der Waals surface area contributed by atoms with Gasteiger partial charge in [0.2, 0.25) is 0 Å². The molecule has 0 aromatic heterocycles. The maximum atomic E-state index is 3.33. The Kier molecular flexibility index (Phi) is 1.95. The third-order valence-corrected chi connectivity index (χ3v) is 2.67. The zero-order valence-corrected chi connectivity index (χ0v) is 7.30. The van der Waals surface area contributed by atoms with Crippen LogP contribution in [0.2, 0.25) is 0 Å². The van der Waals surface area contributed by atoms with E-state index in [0.717, 1.165) is 20.0 Å². The van der Waals surface area contributed by atoms with Gasteiger partial charge in [-0.1, -0.05) is 0 Å². The topological polar surface area (TPSA) is 75.4 Å². The number of hydrogen-bond acceptors (Lipinski definition) is 7. The molecule has 0 saturated carbocycles. The van der Waals surface area contributed by atoms with Crippen molar-refractivity contribution in [3.63, 3.8) is 0 Å². The predicted octanol–water partition coefficient (Wildman–Crippen LogP) is -3.41. The standard InChI is InChI=1S/C6H15N7/c1-7-4-9-2-11-6-12-3-10-5(8-1)13(4)6/h4-12H,1-3H2. The van der Waals surface area contributed by atoms with Crippen LogP contribution in [-0.2, 0) is 0 Å². The first-order chi connectivity index (χ1) is 6.45. The molecule has 0 aliphatic carbocycles. The molecular formula is C6H15N7. The third kappa shape index (κ3) is 1.25. The minimum atomic E-state index is 0.248. The molecule has 3 saturated heterocycles. The highest BCUT2D eigenvalue weighted by atomic mass is 15.7. The molecule has 74 valence electrons. The maximum Gasteiger partial charge on any atom is 0.121 e. The zero-order chi connectivity index (χ0) is 8.67. The number of hydrogen-bond donors (Lipinski definition) is 6. The van der Waals surface area contributed by atoms with Crippen molar-refractivity contribution in [2.75, 3.05) is 20.0 Å². The molecule has 7 heteroatoms. The van der Waals surface area contributed by atoms with Crippen molar-refractivity contribution < 1.29 is 0 Å². The molecule has 3 aliphatic rings.